The highest BCUT2D eigenvalue weighted by Gasteiger charge is 2.35. The number of nitrogens with one attached hydrogen (secondary N) is 1. The number of hydrogen-bond donors (Lipinski definition) is 1. The molecule has 0 bridgehead atoms. The molecular weight excluding hydrogens is 284 g/mol. The first-order valence-electron chi connectivity index (χ1n) is 7.51. The third-order valence-electron chi connectivity index (χ3n) is 3.95. The van der Waals surface area contributed by atoms with Gasteiger partial charge in [0.15, 0.2) is 5.16 Å². The van der Waals surface area contributed by atoms with Crippen molar-refractivity contribution in [1.29, 1.82) is 5.26 Å². The standard InChI is InChI=1S/C15H22N4OS/c1-3-19-10-9-17-14(19)21-12(2)13(20)18-15(11-16)7-5-4-6-8-15/h9-10,12H,3-8H2,1-2H3,(H,18,20)/t12-/m0/s1. The number of carbonyl (C=O) groups excluding carboxylic acids is 1. The van der Waals surface area contributed by atoms with Crippen LogP contribution in [0, 0.1) is 11.3 Å². The summed E-state index contributed by atoms with van der Waals surface area (Å²) in [5.74, 6) is -0.0749. The van der Waals surface area contributed by atoms with Crippen molar-refractivity contribution in [3.8, 4) is 6.07 Å². The van der Waals surface area contributed by atoms with Gasteiger partial charge >= 0.3 is 0 Å². The topological polar surface area (TPSA) is 70.7 Å². The number of nitrogens with zero attached hydrogens (tertiary/aromatic N) is 3. The molecule has 6 heteroatoms. The van der Waals surface area contributed by atoms with Crippen LogP contribution in [0.3, 0.4) is 0 Å². The largest absolute Gasteiger partial charge is 0.337 e. The molecule has 2 rings (SSSR count). The van der Waals surface area contributed by atoms with Gasteiger partial charge in [0.05, 0.1) is 11.3 Å². The van der Waals surface area contributed by atoms with E-state index in [1.807, 2.05) is 24.6 Å². The highest BCUT2D eigenvalue weighted by molar-refractivity contribution is 8.00. The number of hydrogen-bond acceptors (Lipinski definition) is 4. The molecule has 1 aromatic rings. The van der Waals surface area contributed by atoms with Crippen molar-refractivity contribution in [2.24, 2.45) is 0 Å². The van der Waals surface area contributed by atoms with Crippen LogP contribution in [-0.4, -0.2) is 26.2 Å². The molecule has 1 heterocycles. The number of carbonyl (C=O) groups is 1. The summed E-state index contributed by atoms with van der Waals surface area (Å²) >= 11 is 1.44. The zero-order valence-electron chi connectivity index (χ0n) is 12.6. The Morgan fingerprint density at radius 3 is 2.90 bits per heavy atom. The molecular formula is C15H22N4OS. The molecule has 0 radical (unpaired) electrons. The van der Waals surface area contributed by atoms with Gasteiger partial charge in [0.25, 0.3) is 0 Å². The zero-order valence-corrected chi connectivity index (χ0v) is 13.4. The van der Waals surface area contributed by atoms with E-state index >= 15 is 0 Å². The van der Waals surface area contributed by atoms with Crippen molar-refractivity contribution < 1.29 is 4.79 Å². The molecule has 1 aliphatic carbocycles. The summed E-state index contributed by atoms with van der Waals surface area (Å²) in [7, 11) is 0. The molecule has 5 nitrogen and oxygen atoms in total. The number of imidazole rings is 1. The van der Waals surface area contributed by atoms with E-state index in [4.69, 9.17) is 0 Å². The highest BCUT2D eigenvalue weighted by atomic mass is 32.2. The summed E-state index contributed by atoms with van der Waals surface area (Å²) in [6.45, 7) is 4.74. The second-order valence-corrected chi connectivity index (χ2v) is 6.81. The quantitative estimate of drug-likeness (QED) is 0.849. The molecule has 1 amide bonds. The minimum atomic E-state index is -0.662. The summed E-state index contributed by atoms with van der Waals surface area (Å²) in [6.07, 6.45) is 8.34. The number of nitriles is 1. The number of aryl methyl sites for hydroxylation is 1. The van der Waals surface area contributed by atoms with Gasteiger partial charge in [-0.2, -0.15) is 5.26 Å². The fourth-order valence-electron chi connectivity index (χ4n) is 2.62. The Morgan fingerprint density at radius 2 is 2.29 bits per heavy atom. The van der Waals surface area contributed by atoms with Crippen LogP contribution in [0.2, 0.25) is 0 Å². The Kier molecular flexibility index (Phi) is 5.29. The molecule has 1 fully saturated rings. The van der Waals surface area contributed by atoms with Crippen LogP contribution in [-0.2, 0) is 11.3 Å². The van der Waals surface area contributed by atoms with Crippen molar-refractivity contribution in [2.45, 2.75) is 68.4 Å². The lowest BCUT2D eigenvalue weighted by Crippen LogP contribution is -2.50. The van der Waals surface area contributed by atoms with Crippen LogP contribution in [0.1, 0.15) is 46.0 Å². The lowest BCUT2D eigenvalue weighted by molar-refractivity contribution is -0.121. The Morgan fingerprint density at radius 1 is 1.57 bits per heavy atom. The number of aromatic nitrogens is 2. The van der Waals surface area contributed by atoms with Crippen LogP contribution in [0.15, 0.2) is 17.6 Å². The van der Waals surface area contributed by atoms with Gasteiger partial charge in [-0.1, -0.05) is 31.0 Å². The van der Waals surface area contributed by atoms with E-state index in [2.05, 4.69) is 16.4 Å². The molecule has 1 aromatic heterocycles. The summed E-state index contributed by atoms with van der Waals surface area (Å²) < 4.78 is 2.01. The molecule has 1 saturated carbocycles. The molecule has 0 spiro atoms. The van der Waals surface area contributed by atoms with E-state index in [-0.39, 0.29) is 11.2 Å². The Bertz CT molecular complexity index is 528. The van der Waals surface area contributed by atoms with Crippen LogP contribution in [0.5, 0.6) is 0 Å². The second-order valence-electron chi connectivity index (χ2n) is 5.50. The minimum absolute atomic E-state index is 0.0749. The van der Waals surface area contributed by atoms with E-state index in [0.29, 0.717) is 0 Å². The van der Waals surface area contributed by atoms with E-state index in [1.54, 1.807) is 6.20 Å². The van der Waals surface area contributed by atoms with Crippen molar-refractivity contribution in [1.82, 2.24) is 14.9 Å². The summed E-state index contributed by atoms with van der Waals surface area (Å²) in [6, 6.07) is 2.32. The summed E-state index contributed by atoms with van der Waals surface area (Å²) in [4.78, 5) is 16.7. The molecule has 21 heavy (non-hydrogen) atoms. The lowest BCUT2D eigenvalue weighted by atomic mass is 9.83. The SMILES string of the molecule is CCn1ccnc1S[C@@H](C)C(=O)NC1(C#N)CCCCC1. The van der Waals surface area contributed by atoms with Crippen molar-refractivity contribution in [3.63, 3.8) is 0 Å². The fourth-order valence-corrected chi connectivity index (χ4v) is 3.55. The number of amides is 1. The van der Waals surface area contributed by atoms with E-state index < -0.39 is 5.54 Å². The summed E-state index contributed by atoms with van der Waals surface area (Å²) in [5.41, 5.74) is -0.662. The first-order chi connectivity index (χ1) is 10.1. The van der Waals surface area contributed by atoms with Gasteiger partial charge in [-0.15, -0.1) is 0 Å². The lowest BCUT2D eigenvalue weighted by Gasteiger charge is -2.32. The molecule has 114 valence electrons. The van der Waals surface area contributed by atoms with Gasteiger partial charge in [-0.3, -0.25) is 4.79 Å². The normalized spacial score (nSPS) is 18.7. The first kappa shape index (κ1) is 15.9. The van der Waals surface area contributed by atoms with Crippen molar-refractivity contribution >= 4 is 17.7 Å². The Balaban J connectivity index is 1.97. The van der Waals surface area contributed by atoms with Crippen LogP contribution in [0.25, 0.3) is 0 Å². The maximum Gasteiger partial charge on any atom is 0.234 e. The molecule has 1 N–H and O–H groups in total. The monoisotopic (exact) mass is 306 g/mol. The van der Waals surface area contributed by atoms with Gasteiger partial charge in [0, 0.05) is 18.9 Å². The maximum atomic E-state index is 12.4. The van der Waals surface area contributed by atoms with Gasteiger partial charge in [0.1, 0.15) is 5.54 Å². The average Bonchev–Trinajstić information content (AvgIpc) is 2.95. The minimum Gasteiger partial charge on any atom is -0.337 e. The fraction of sp³-hybridized carbons (Fsp3) is 0.667. The number of thioether (sulfide) groups is 1. The highest BCUT2D eigenvalue weighted by Crippen LogP contribution is 2.29. The van der Waals surface area contributed by atoms with Crippen molar-refractivity contribution in [3.05, 3.63) is 12.4 Å². The smallest absolute Gasteiger partial charge is 0.234 e. The molecule has 0 aromatic carbocycles. The van der Waals surface area contributed by atoms with E-state index in [9.17, 15) is 10.1 Å². The maximum absolute atomic E-state index is 12.4. The predicted octanol–water partition coefficient (Wildman–Crippen LogP) is 2.73. The van der Waals surface area contributed by atoms with Crippen molar-refractivity contribution in [2.75, 3.05) is 0 Å². The first-order valence-corrected chi connectivity index (χ1v) is 8.39. The van der Waals surface area contributed by atoms with Gasteiger partial charge in [-0.05, 0) is 26.7 Å². The van der Waals surface area contributed by atoms with E-state index in [0.717, 1.165) is 43.8 Å². The van der Waals surface area contributed by atoms with Gasteiger partial charge < -0.3 is 9.88 Å². The van der Waals surface area contributed by atoms with Gasteiger partial charge in [-0.25, -0.2) is 4.98 Å². The molecule has 1 aliphatic rings. The molecule has 0 saturated heterocycles. The number of rotatable bonds is 5. The summed E-state index contributed by atoms with van der Waals surface area (Å²) in [5, 5.41) is 13.0. The molecule has 1 atom stereocenters. The zero-order chi connectivity index (χ0) is 15.3. The third kappa shape index (κ3) is 3.79. The average molecular weight is 306 g/mol. The van der Waals surface area contributed by atoms with Gasteiger partial charge in [0.2, 0.25) is 5.91 Å². The third-order valence-corrected chi connectivity index (χ3v) is 5.07. The Hall–Kier alpha value is -1.48. The molecule has 0 aliphatic heterocycles. The Labute approximate surface area is 130 Å². The molecule has 0 unspecified atom stereocenters. The van der Waals surface area contributed by atoms with Crippen LogP contribution < -0.4 is 5.32 Å². The second kappa shape index (κ2) is 6.99. The van der Waals surface area contributed by atoms with Crippen LogP contribution in [0.4, 0.5) is 0 Å². The predicted molar refractivity (Wildman–Crippen MR) is 82.8 cm³/mol. The van der Waals surface area contributed by atoms with Crippen LogP contribution >= 0.6 is 11.8 Å². The van der Waals surface area contributed by atoms with E-state index in [1.165, 1.54) is 11.8 Å².